The average Bonchev–Trinajstić information content (AvgIpc) is 3.10. The number of benzene rings is 2. The van der Waals surface area contributed by atoms with Crippen LogP contribution in [0, 0.1) is 6.92 Å². The summed E-state index contributed by atoms with van der Waals surface area (Å²) >= 11 is 0. The Kier molecular flexibility index (Phi) is 5.03. The number of aromatic nitrogens is 2. The van der Waals surface area contributed by atoms with Crippen LogP contribution in [0.4, 0.5) is 0 Å². The van der Waals surface area contributed by atoms with Gasteiger partial charge in [-0.05, 0) is 42.7 Å². The van der Waals surface area contributed by atoms with Crippen molar-refractivity contribution in [1.29, 1.82) is 0 Å². The zero-order chi connectivity index (χ0) is 18.6. The quantitative estimate of drug-likeness (QED) is 0.761. The molecule has 0 saturated heterocycles. The molecule has 2 heterocycles. The molecule has 5 nitrogen and oxygen atoms in total. The Morgan fingerprint density at radius 2 is 1.81 bits per heavy atom. The van der Waals surface area contributed by atoms with Crippen molar-refractivity contribution in [3.8, 4) is 5.69 Å². The maximum absolute atomic E-state index is 12.5. The van der Waals surface area contributed by atoms with Crippen molar-refractivity contribution in [3.63, 3.8) is 0 Å². The second-order valence-corrected chi connectivity index (χ2v) is 6.97. The van der Waals surface area contributed by atoms with Gasteiger partial charge in [-0.2, -0.15) is 5.10 Å². The Morgan fingerprint density at radius 1 is 1.07 bits per heavy atom. The maximum atomic E-state index is 12.5. The third kappa shape index (κ3) is 3.93. The highest BCUT2D eigenvalue weighted by atomic mass is 16.1. The summed E-state index contributed by atoms with van der Waals surface area (Å²) in [4.78, 5) is 14.9. The number of amides is 1. The van der Waals surface area contributed by atoms with Crippen molar-refractivity contribution in [1.82, 2.24) is 20.0 Å². The molecule has 0 unspecified atom stereocenters. The molecule has 1 aromatic heterocycles. The van der Waals surface area contributed by atoms with Crippen LogP contribution in [-0.2, 0) is 13.0 Å². The number of nitrogens with one attached hydrogen (secondary N) is 1. The standard InChI is InChI=1S/C22H24N4O/c1-17-15-21(24-26(17)20-9-3-2-4-10-20)22(27)23-12-14-25-13-11-18-7-5-6-8-19(18)16-25/h2-10,15H,11-14,16H2,1H3,(H,23,27). The first-order chi connectivity index (χ1) is 13.2. The molecule has 0 saturated carbocycles. The van der Waals surface area contributed by atoms with Crippen LogP contribution in [0.15, 0.2) is 60.7 Å². The van der Waals surface area contributed by atoms with Gasteiger partial charge in [0.25, 0.3) is 5.91 Å². The first kappa shape index (κ1) is 17.5. The third-order valence-electron chi connectivity index (χ3n) is 5.04. The van der Waals surface area contributed by atoms with Crippen molar-refractivity contribution in [2.75, 3.05) is 19.6 Å². The Hall–Kier alpha value is -2.92. The van der Waals surface area contributed by atoms with E-state index in [9.17, 15) is 4.79 Å². The van der Waals surface area contributed by atoms with Crippen LogP contribution in [0.25, 0.3) is 5.69 Å². The number of carbonyl (C=O) groups excluding carboxylic acids is 1. The van der Waals surface area contributed by atoms with Gasteiger partial charge in [0.05, 0.1) is 5.69 Å². The van der Waals surface area contributed by atoms with E-state index in [0.717, 1.165) is 37.4 Å². The second kappa shape index (κ2) is 7.76. The molecule has 0 bridgehead atoms. The maximum Gasteiger partial charge on any atom is 0.271 e. The molecule has 4 rings (SSSR count). The minimum absolute atomic E-state index is 0.120. The number of hydrogen-bond donors (Lipinski definition) is 1. The number of hydrogen-bond acceptors (Lipinski definition) is 3. The van der Waals surface area contributed by atoms with Gasteiger partial charge in [0.2, 0.25) is 0 Å². The van der Waals surface area contributed by atoms with E-state index in [1.807, 2.05) is 43.3 Å². The number of carbonyl (C=O) groups is 1. The van der Waals surface area contributed by atoms with Crippen LogP contribution in [-0.4, -0.2) is 40.2 Å². The number of aryl methyl sites for hydroxylation is 1. The second-order valence-electron chi connectivity index (χ2n) is 6.97. The molecule has 2 aromatic carbocycles. The highest BCUT2D eigenvalue weighted by molar-refractivity contribution is 5.92. The van der Waals surface area contributed by atoms with Crippen LogP contribution in [0.5, 0.6) is 0 Å². The molecular formula is C22H24N4O. The van der Waals surface area contributed by atoms with Crippen LogP contribution < -0.4 is 5.32 Å². The minimum Gasteiger partial charge on any atom is -0.349 e. The summed E-state index contributed by atoms with van der Waals surface area (Å²) < 4.78 is 1.80. The Balaban J connectivity index is 1.33. The van der Waals surface area contributed by atoms with Crippen molar-refractivity contribution in [3.05, 3.63) is 83.2 Å². The van der Waals surface area contributed by atoms with Crippen molar-refractivity contribution in [2.24, 2.45) is 0 Å². The lowest BCUT2D eigenvalue weighted by molar-refractivity contribution is 0.0942. The highest BCUT2D eigenvalue weighted by Gasteiger charge is 2.16. The SMILES string of the molecule is Cc1cc(C(=O)NCCN2CCc3ccccc3C2)nn1-c1ccccc1. The fourth-order valence-electron chi connectivity index (χ4n) is 3.58. The zero-order valence-corrected chi connectivity index (χ0v) is 15.6. The van der Waals surface area contributed by atoms with Gasteiger partial charge in [0, 0.05) is 31.9 Å². The van der Waals surface area contributed by atoms with Gasteiger partial charge in [0.15, 0.2) is 5.69 Å². The van der Waals surface area contributed by atoms with E-state index in [-0.39, 0.29) is 5.91 Å². The van der Waals surface area contributed by atoms with E-state index in [1.54, 1.807) is 4.68 Å². The summed E-state index contributed by atoms with van der Waals surface area (Å²) in [6, 6.07) is 20.3. The van der Waals surface area contributed by atoms with Crippen molar-refractivity contribution >= 4 is 5.91 Å². The summed E-state index contributed by atoms with van der Waals surface area (Å²) in [5.41, 5.74) is 5.20. The van der Waals surface area contributed by atoms with Crippen LogP contribution in [0.1, 0.15) is 27.3 Å². The molecule has 0 atom stereocenters. The van der Waals surface area contributed by atoms with Gasteiger partial charge in [-0.3, -0.25) is 9.69 Å². The van der Waals surface area contributed by atoms with Gasteiger partial charge in [-0.1, -0.05) is 42.5 Å². The lowest BCUT2D eigenvalue weighted by Crippen LogP contribution is -2.37. The van der Waals surface area contributed by atoms with Gasteiger partial charge >= 0.3 is 0 Å². The topological polar surface area (TPSA) is 50.2 Å². The molecule has 0 aliphatic carbocycles. The number of nitrogens with zero attached hydrogens (tertiary/aromatic N) is 3. The molecule has 27 heavy (non-hydrogen) atoms. The number of rotatable bonds is 5. The van der Waals surface area contributed by atoms with E-state index >= 15 is 0 Å². The lowest BCUT2D eigenvalue weighted by atomic mass is 10.00. The smallest absolute Gasteiger partial charge is 0.271 e. The van der Waals surface area contributed by atoms with Crippen LogP contribution >= 0.6 is 0 Å². The molecule has 1 aliphatic heterocycles. The summed E-state index contributed by atoms with van der Waals surface area (Å²) in [6.07, 6.45) is 1.07. The molecule has 0 radical (unpaired) electrons. The molecule has 1 aliphatic rings. The van der Waals surface area contributed by atoms with Gasteiger partial charge in [-0.25, -0.2) is 4.68 Å². The molecule has 1 amide bonds. The van der Waals surface area contributed by atoms with Crippen molar-refractivity contribution < 1.29 is 4.79 Å². The molecular weight excluding hydrogens is 336 g/mol. The largest absolute Gasteiger partial charge is 0.349 e. The first-order valence-corrected chi connectivity index (χ1v) is 9.40. The van der Waals surface area contributed by atoms with E-state index < -0.39 is 0 Å². The minimum atomic E-state index is -0.120. The fraction of sp³-hybridized carbons (Fsp3) is 0.273. The van der Waals surface area contributed by atoms with E-state index in [2.05, 4.69) is 39.6 Å². The lowest BCUT2D eigenvalue weighted by Gasteiger charge is -2.28. The Morgan fingerprint density at radius 3 is 2.63 bits per heavy atom. The predicted octanol–water partition coefficient (Wildman–Crippen LogP) is 2.97. The molecule has 3 aromatic rings. The monoisotopic (exact) mass is 360 g/mol. The molecule has 5 heteroatoms. The van der Waals surface area contributed by atoms with Crippen LogP contribution in [0.2, 0.25) is 0 Å². The molecule has 1 N–H and O–H groups in total. The summed E-state index contributed by atoms with van der Waals surface area (Å²) in [7, 11) is 0. The molecule has 138 valence electrons. The summed E-state index contributed by atoms with van der Waals surface area (Å²) in [5, 5.41) is 7.47. The van der Waals surface area contributed by atoms with Gasteiger partial charge in [0.1, 0.15) is 0 Å². The fourth-order valence-corrected chi connectivity index (χ4v) is 3.58. The third-order valence-corrected chi connectivity index (χ3v) is 5.04. The van der Waals surface area contributed by atoms with E-state index in [1.165, 1.54) is 11.1 Å². The number of para-hydroxylation sites is 1. The Labute approximate surface area is 159 Å². The summed E-state index contributed by atoms with van der Waals surface area (Å²) in [6.45, 7) is 5.42. The molecule has 0 fully saturated rings. The first-order valence-electron chi connectivity index (χ1n) is 9.40. The number of fused-ring (bicyclic) bond motifs is 1. The summed E-state index contributed by atoms with van der Waals surface area (Å²) in [5.74, 6) is -0.120. The molecule has 0 spiro atoms. The highest BCUT2D eigenvalue weighted by Crippen LogP contribution is 2.18. The normalized spacial score (nSPS) is 14.0. The van der Waals surface area contributed by atoms with Crippen molar-refractivity contribution in [2.45, 2.75) is 19.9 Å². The zero-order valence-electron chi connectivity index (χ0n) is 15.6. The van der Waals surface area contributed by atoms with E-state index in [0.29, 0.717) is 12.2 Å². The Bertz CT molecular complexity index is 932. The van der Waals surface area contributed by atoms with Crippen LogP contribution in [0.3, 0.4) is 0 Å². The average molecular weight is 360 g/mol. The van der Waals surface area contributed by atoms with Gasteiger partial charge < -0.3 is 5.32 Å². The van der Waals surface area contributed by atoms with E-state index in [4.69, 9.17) is 0 Å². The van der Waals surface area contributed by atoms with Gasteiger partial charge in [-0.15, -0.1) is 0 Å². The predicted molar refractivity (Wildman–Crippen MR) is 106 cm³/mol.